The van der Waals surface area contributed by atoms with Gasteiger partial charge in [-0.1, -0.05) is 6.92 Å². The summed E-state index contributed by atoms with van der Waals surface area (Å²) < 4.78 is 0. The Morgan fingerprint density at radius 3 is 2.81 bits per heavy atom. The van der Waals surface area contributed by atoms with Gasteiger partial charge in [0.05, 0.1) is 0 Å². The monoisotopic (exact) mass is 238 g/mol. The molecule has 0 saturated carbocycles. The summed E-state index contributed by atoms with van der Waals surface area (Å²) in [5.74, 6) is 0.675. The van der Waals surface area contributed by atoms with Crippen LogP contribution in [-0.2, 0) is 0 Å². The molecule has 0 amide bonds. The van der Waals surface area contributed by atoms with Gasteiger partial charge in [0.2, 0.25) is 0 Å². The predicted molar refractivity (Wildman–Crippen MR) is 70.8 cm³/mol. The van der Waals surface area contributed by atoms with Crippen LogP contribution in [0.15, 0.2) is 12.1 Å². The molecule has 16 heavy (non-hydrogen) atoms. The second-order valence-corrected chi connectivity index (χ2v) is 6.37. The Bertz CT molecular complexity index is 347. The van der Waals surface area contributed by atoms with E-state index in [2.05, 4.69) is 37.8 Å². The molecule has 2 N–H and O–H groups in total. The normalized spacial score (nSPS) is 29.2. The lowest BCUT2D eigenvalue weighted by molar-refractivity contribution is 0.130. The van der Waals surface area contributed by atoms with Crippen molar-refractivity contribution in [2.24, 2.45) is 11.7 Å². The van der Waals surface area contributed by atoms with E-state index < -0.39 is 0 Å². The van der Waals surface area contributed by atoms with Crippen LogP contribution in [0.25, 0.3) is 0 Å². The van der Waals surface area contributed by atoms with E-state index in [1.165, 1.54) is 22.7 Å². The Kier molecular flexibility index (Phi) is 3.67. The van der Waals surface area contributed by atoms with Gasteiger partial charge in [0, 0.05) is 28.4 Å². The Labute approximate surface area is 102 Å². The van der Waals surface area contributed by atoms with Crippen molar-refractivity contribution >= 4 is 11.3 Å². The molecule has 3 heteroatoms. The molecular weight excluding hydrogens is 216 g/mol. The molecule has 3 atom stereocenters. The average molecular weight is 238 g/mol. The van der Waals surface area contributed by atoms with Crippen LogP contribution in [-0.4, -0.2) is 24.0 Å². The van der Waals surface area contributed by atoms with E-state index in [9.17, 15) is 0 Å². The van der Waals surface area contributed by atoms with E-state index >= 15 is 0 Å². The smallest absolute Gasteiger partial charge is 0.0414 e. The average Bonchev–Trinajstić information content (AvgIpc) is 2.68. The zero-order chi connectivity index (χ0) is 11.7. The van der Waals surface area contributed by atoms with Crippen molar-refractivity contribution in [2.75, 3.05) is 13.1 Å². The fourth-order valence-electron chi connectivity index (χ4n) is 2.34. The van der Waals surface area contributed by atoms with Crippen LogP contribution in [0.1, 0.15) is 36.1 Å². The van der Waals surface area contributed by atoms with Crippen LogP contribution in [0.4, 0.5) is 0 Å². The maximum Gasteiger partial charge on any atom is 0.0414 e. The summed E-state index contributed by atoms with van der Waals surface area (Å²) in [6.45, 7) is 8.97. The van der Waals surface area contributed by atoms with Crippen molar-refractivity contribution in [3.05, 3.63) is 21.9 Å². The first-order valence-electron chi connectivity index (χ1n) is 6.14. The Balaban J connectivity index is 2.02. The van der Waals surface area contributed by atoms with Gasteiger partial charge in [-0.25, -0.2) is 0 Å². The summed E-state index contributed by atoms with van der Waals surface area (Å²) in [6, 6.07) is 5.34. The number of piperidine rings is 1. The van der Waals surface area contributed by atoms with Crippen molar-refractivity contribution in [2.45, 2.75) is 39.3 Å². The molecule has 1 fully saturated rings. The Morgan fingerprint density at radius 1 is 1.50 bits per heavy atom. The maximum atomic E-state index is 6.15. The van der Waals surface area contributed by atoms with Gasteiger partial charge in [-0.3, -0.25) is 4.90 Å². The molecule has 90 valence electrons. The first-order chi connectivity index (χ1) is 7.58. The van der Waals surface area contributed by atoms with Crippen molar-refractivity contribution in [3.63, 3.8) is 0 Å². The number of aryl methyl sites for hydroxylation is 1. The second-order valence-electron chi connectivity index (χ2n) is 5.05. The number of nitrogens with two attached hydrogens (primary N) is 1. The fraction of sp³-hybridized carbons (Fsp3) is 0.692. The van der Waals surface area contributed by atoms with Crippen molar-refractivity contribution in [1.82, 2.24) is 4.90 Å². The summed E-state index contributed by atoms with van der Waals surface area (Å²) in [6.07, 6.45) is 1.23. The minimum absolute atomic E-state index is 0.345. The second kappa shape index (κ2) is 4.86. The third-order valence-corrected chi connectivity index (χ3v) is 4.94. The molecule has 1 aromatic rings. The van der Waals surface area contributed by atoms with Gasteiger partial charge in [-0.15, -0.1) is 11.3 Å². The number of thiophene rings is 1. The maximum absolute atomic E-state index is 6.15. The van der Waals surface area contributed by atoms with Crippen LogP contribution in [0.2, 0.25) is 0 Å². The molecule has 0 radical (unpaired) electrons. The van der Waals surface area contributed by atoms with Gasteiger partial charge >= 0.3 is 0 Å². The van der Waals surface area contributed by atoms with E-state index in [0.29, 0.717) is 18.0 Å². The molecule has 2 nitrogen and oxygen atoms in total. The molecule has 1 aromatic heterocycles. The van der Waals surface area contributed by atoms with E-state index in [-0.39, 0.29) is 0 Å². The van der Waals surface area contributed by atoms with Gasteiger partial charge in [0.15, 0.2) is 0 Å². The molecular formula is C13H22N2S. The lowest BCUT2D eigenvalue weighted by atomic mass is 9.93. The zero-order valence-electron chi connectivity index (χ0n) is 10.4. The molecule has 2 rings (SSSR count). The molecule has 1 aliphatic heterocycles. The largest absolute Gasteiger partial charge is 0.326 e. The van der Waals surface area contributed by atoms with E-state index in [0.717, 1.165) is 6.54 Å². The fourth-order valence-corrected chi connectivity index (χ4v) is 3.30. The zero-order valence-corrected chi connectivity index (χ0v) is 11.3. The Hall–Kier alpha value is -0.380. The first-order valence-corrected chi connectivity index (χ1v) is 6.95. The lowest BCUT2D eigenvalue weighted by Gasteiger charge is -2.38. The number of nitrogens with zero attached hydrogens (tertiary/aromatic N) is 1. The number of likely N-dealkylation sites (tertiary alicyclic amines) is 1. The molecule has 0 aromatic carbocycles. The molecule has 1 saturated heterocycles. The highest BCUT2D eigenvalue weighted by Crippen LogP contribution is 2.30. The summed E-state index contributed by atoms with van der Waals surface area (Å²) >= 11 is 1.91. The minimum atomic E-state index is 0.345. The minimum Gasteiger partial charge on any atom is -0.326 e. The summed E-state index contributed by atoms with van der Waals surface area (Å²) in [7, 11) is 0. The van der Waals surface area contributed by atoms with Crippen LogP contribution < -0.4 is 5.73 Å². The van der Waals surface area contributed by atoms with Crippen molar-refractivity contribution < 1.29 is 0 Å². The molecule has 0 aliphatic carbocycles. The molecule has 0 bridgehead atoms. The third kappa shape index (κ3) is 2.47. The standard InChI is InChI=1S/C13H22N2S/c1-9-6-7-15(8-12(9)14)11(3)13-5-4-10(2)16-13/h4-5,9,11-12H,6-8,14H2,1-3H3. The number of hydrogen-bond donors (Lipinski definition) is 1. The highest BCUT2D eigenvalue weighted by molar-refractivity contribution is 7.12. The molecule has 3 unspecified atom stereocenters. The summed E-state index contributed by atoms with van der Waals surface area (Å²) in [5.41, 5.74) is 6.15. The van der Waals surface area contributed by atoms with Crippen molar-refractivity contribution in [3.8, 4) is 0 Å². The van der Waals surface area contributed by atoms with Crippen LogP contribution in [0.5, 0.6) is 0 Å². The number of rotatable bonds is 2. The van der Waals surface area contributed by atoms with Gasteiger partial charge in [-0.05, 0) is 44.9 Å². The molecule has 1 aliphatic rings. The third-order valence-electron chi connectivity index (χ3n) is 3.77. The van der Waals surface area contributed by atoms with Crippen LogP contribution in [0, 0.1) is 12.8 Å². The molecule has 2 heterocycles. The quantitative estimate of drug-likeness (QED) is 0.858. The SMILES string of the molecule is Cc1ccc(C(C)N2CCC(C)C(N)C2)s1. The van der Waals surface area contributed by atoms with Gasteiger partial charge in [-0.2, -0.15) is 0 Å². The first kappa shape index (κ1) is 12.1. The highest BCUT2D eigenvalue weighted by atomic mass is 32.1. The van der Waals surface area contributed by atoms with E-state index in [1.807, 2.05) is 11.3 Å². The lowest BCUT2D eigenvalue weighted by Crippen LogP contribution is -2.48. The van der Waals surface area contributed by atoms with Gasteiger partial charge in [0.25, 0.3) is 0 Å². The van der Waals surface area contributed by atoms with Gasteiger partial charge < -0.3 is 5.73 Å². The van der Waals surface area contributed by atoms with Crippen LogP contribution >= 0.6 is 11.3 Å². The number of hydrogen-bond acceptors (Lipinski definition) is 3. The topological polar surface area (TPSA) is 29.3 Å². The predicted octanol–water partition coefficient (Wildman–Crippen LogP) is 2.79. The van der Waals surface area contributed by atoms with Gasteiger partial charge in [0.1, 0.15) is 0 Å². The summed E-state index contributed by atoms with van der Waals surface area (Å²) in [5, 5.41) is 0. The molecule has 0 spiro atoms. The van der Waals surface area contributed by atoms with Crippen molar-refractivity contribution in [1.29, 1.82) is 0 Å². The highest BCUT2D eigenvalue weighted by Gasteiger charge is 2.27. The van der Waals surface area contributed by atoms with E-state index in [4.69, 9.17) is 5.73 Å². The summed E-state index contributed by atoms with van der Waals surface area (Å²) in [4.78, 5) is 5.39. The van der Waals surface area contributed by atoms with Crippen LogP contribution in [0.3, 0.4) is 0 Å². The van der Waals surface area contributed by atoms with E-state index in [1.54, 1.807) is 0 Å². The Morgan fingerprint density at radius 2 is 2.25 bits per heavy atom.